The fourth-order valence-corrected chi connectivity index (χ4v) is 2.56. The van der Waals surface area contributed by atoms with Gasteiger partial charge in [-0.3, -0.25) is 0 Å². The average molecular weight is 249 g/mol. The molecule has 94 valence electrons. The highest BCUT2D eigenvalue weighted by molar-refractivity contribution is 5.96. The summed E-state index contributed by atoms with van der Waals surface area (Å²) in [4.78, 5) is 3.23. The topological polar surface area (TPSA) is 36.0 Å². The molecule has 0 saturated heterocycles. The highest BCUT2D eigenvalue weighted by atomic mass is 16.3. The van der Waals surface area contributed by atoms with Crippen molar-refractivity contribution in [1.29, 1.82) is 0 Å². The number of benzene rings is 2. The Balaban J connectivity index is 2.52. The summed E-state index contributed by atoms with van der Waals surface area (Å²) in [6.07, 6.45) is 0. The molecule has 0 saturated carbocycles. The lowest BCUT2D eigenvalue weighted by Gasteiger charge is -2.04. The van der Waals surface area contributed by atoms with Gasteiger partial charge in [0, 0.05) is 21.5 Å². The Hall–Kier alpha value is -2.48. The van der Waals surface area contributed by atoms with E-state index in [1.54, 1.807) is 6.92 Å². The number of H-pyrrole nitrogens is 1. The van der Waals surface area contributed by atoms with Crippen molar-refractivity contribution in [3.05, 3.63) is 59.1 Å². The molecule has 3 aromatic rings. The van der Waals surface area contributed by atoms with Crippen LogP contribution in [0.5, 0.6) is 0 Å². The zero-order chi connectivity index (χ0) is 13.4. The van der Waals surface area contributed by atoms with Gasteiger partial charge in [-0.15, -0.1) is 0 Å². The molecule has 0 atom stereocenters. The van der Waals surface area contributed by atoms with Crippen molar-refractivity contribution < 1.29 is 5.11 Å². The van der Waals surface area contributed by atoms with Gasteiger partial charge in [-0.1, -0.05) is 49.0 Å². The van der Waals surface area contributed by atoms with E-state index in [2.05, 4.69) is 29.8 Å². The van der Waals surface area contributed by atoms with Crippen LogP contribution in [0.2, 0.25) is 0 Å². The van der Waals surface area contributed by atoms with Crippen LogP contribution in [0.1, 0.15) is 6.92 Å². The molecule has 3 rings (SSSR count). The van der Waals surface area contributed by atoms with Gasteiger partial charge in [-0.2, -0.15) is 0 Å². The van der Waals surface area contributed by atoms with Crippen LogP contribution in [0, 0.1) is 0 Å². The lowest BCUT2D eigenvalue weighted by atomic mass is 10.0. The van der Waals surface area contributed by atoms with Crippen molar-refractivity contribution in [2.45, 2.75) is 6.92 Å². The number of hydrogen-bond acceptors (Lipinski definition) is 1. The first-order valence-corrected chi connectivity index (χ1v) is 6.23. The van der Waals surface area contributed by atoms with Crippen molar-refractivity contribution in [2.75, 3.05) is 0 Å². The van der Waals surface area contributed by atoms with Crippen molar-refractivity contribution in [3.8, 4) is 11.1 Å². The molecule has 0 amide bonds. The predicted molar refractivity (Wildman–Crippen MR) is 80.2 cm³/mol. The summed E-state index contributed by atoms with van der Waals surface area (Å²) in [5, 5.41) is 12.5. The smallest absolute Gasteiger partial charge is 0.0991 e. The van der Waals surface area contributed by atoms with Crippen LogP contribution in [0.3, 0.4) is 0 Å². The molecule has 0 aliphatic heterocycles. The van der Waals surface area contributed by atoms with Crippen LogP contribution < -0.4 is 10.6 Å². The average Bonchev–Trinajstić information content (AvgIpc) is 2.75. The number of aromatic nitrogens is 1. The third-order valence-corrected chi connectivity index (χ3v) is 3.35. The first kappa shape index (κ1) is 11.6. The Morgan fingerprint density at radius 1 is 1.05 bits per heavy atom. The molecule has 2 heteroatoms. The third kappa shape index (κ3) is 1.82. The maximum Gasteiger partial charge on any atom is 0.0991 e. The minimum Gasteiger partial charge on any atom is -0.512 e. The monoisotopic (exact) mass is 249 g/mol. The maximum atomic E-state index is 9.92. The zero-order valence-electron chi connectivity index (χ0n) is 10.8. The van der Waals surface area contributed by atoms with Crippen LogP contribution in [0.25, 0.3) is 34.4 Å². The van der Waals surface area contributed by atoms with Crippen LogP contribution in [-0.2, 0) is 0 Å². The molecule has 0 bridgehead atoms. The molecule has 2 N–H and O–H groups in total. The van der Waals surface area contributed by atoms with Crippen molar-refractivity contribution >= 4 is 23.2 Å². The second kappa shape index (κ2) is 4.32. The van der Waals surface area contributed by atoms with Crippen LogP contribution >= 0.6 is 0 Å². The van der Waals surface area contributed by atoms with Gasteiger partial charge in [0.05, 0.1) is 5.76 Å². The molecule has 0 fully saturated rings. The molecule has 2 aromatic carbocycles. The van der Waals surface area contributed by atoms with E-state index in [0.29, 0.717) is 5.76 Å². The minimum absolute atomic E-state index is 0.291. The SMILES string of the molecule is C=c1[nH]c2cccc(-c3ccccc3)c2/c1=C(/C)O. The molecule has 0 spiro atoms. The minimum atomic E-state index is 0.291. The standard InChI is InChI=1S/C17H15NO/c1-11-16(12(2)19)17-14(9-6-10-15(17)18-11)13-7-4-3-5-8-13/h3-10,18-19H,1H2,2H3/b16-12-. The number of aliphatic hydroxyl groups excluding tert-OH is 1. The first-order chi connectivity index (χ1) is 9.18. The van der Waals surface area contributed by atoms with Crippen LogP contribution in [-0.4, -0.2) is 10.1 Å². The number of hydrogen-bond donors (Lipinski definition) is 2. The van der Waals surface area contributed by atoms with Gasteiger partial charge >= 0.3 is 0 Å². The van der Waals surface area contributed by atoms with Crippen molar-refractivity contribution in [1.82, 2.24) is 4.98 Å². The van der Waals surface area contributed by atoms with E-state index in [-0.39, 0.29) is 0 Å². The molecular weight excluding hydrogens is 234 g/mol. The normalized spacial score (nSPS) is 12.7. The molecule has 1 heterocycles. The number of rotatable bonds is 1. The lowest BCUT2D eigenvalue weighted by Crippen LogP contribution is -2.23. The molecule has 0 radical (unpaired) electrons. The maximum absolute atomic E-state index is 9.92. The van der Waals surface area contributed by atoms with Crippen molar-refractivity contribution in [2.24, 2.45) is 0 Å². The number of nitrogens with one attached hydrogen (secondary N) is 1. The predicted octanol–water partition coefficient (Wildman–Crippen LogP) is 2.93. The molecule has 0 unspecified atom stereocenters. The second-order valence-corrected chi connectivity index (χ2v) is 4.66. The van der Waals surface area contributed by atoms with E-state index in [1.165, 1.54) is 0 Å². The zero-order valence-corrected chi connectivity index (χ0v) is 10.8. The van der Waals surface area contributed by atoms with E-state index in [0.717, 1.165) is 32.6 Å². The van der Waals surface area contributed by atoms with Gasteiger partial charge in [0.25, 0.3) is 0 Å². The summed E-state index contributed by atoms with van der Waals surface area (Å²) >= 11 is 0. The summed E-state index contributed by atoms with van der Waals surface area (Å²) in [5.41, 5.74) is 3.23. The summed E-state index contributed by atoms with van der Waals surface area (Å²) in [6, 6.07) is 16.2. The largest absolute Gasteiger partial charge is 0.512 e. The quantitative estimate of drug-likeness (QED) is 0.683. The van der Waals surface area contributed by atoms with Gasteiger partial charge in [0.1, 0.15) is 0 Å². The fraction of sp³-hybridized carbons (Fsp3) is 0.0588. The lowest BCUT2D eigenvalue weighted by molar-refractivity contribution is 0.499. The summed E-state index contributed by atoms with van der Waals surface area (Å²) < 4.78 is 0. The molecule has 19 heavy (non-hydrogen) atoms. The van der Waals surface area contributed by atoms with Gasteiger partial charge in [0.2, 0.25) is 0 Å². The summed E-state index contributed by atoms with van der Waals surface area (Å²) in [6.45, 7) is 5.67. The van der Waals surface area contributed by atoms with E-state index in [9.17, 15) is 5.11 Å². The van der Waals surface area contributed by atoms with Gasteiger partial charge < -0.3 is 10.1 Å². The highest BCUT2D eigenvalue weighted by Crippen LogP contribution is 2.25. The molecular formula is C17H15NO. The number of fused-ring (bicyclic) bond motifs is 1. The number of aliphatic hydroxyl groups is 1. The highest BCUT2D eigenvalue weighted by Gasteiger charge is 2.08. The second-order valence-electron chi connectivity index (χ2n) is 4.66. The fourth-order valence-electron chi connectivity index (χ4n) is 2.56. The molecule has 1 aromatic heterocycles. The first-order valence-electron chi connectivity index (χ1n) is 6.23. The Kier molecular flexibility index (Phi) is 2.64. The van der Waals surface area contributed by atoms with Crippen LogP contribution in [0.15, 0.2) is 48.5 Å². The molecule has 0 aliphatic rings. The van der Waals surface area contributed by atoms with E-state index < -0.39 is 0 Å². The Bertz CT molecular complexity index is 840. The Morgan fingerprint density at radius 3 is 2.47 bits per heavy atom. The Labute approximate surface area is 111 Å². The van der Waals surface area contributed by atoms with Gasteiger partial charge in [0.15, 0.2) is 0 Å². The summed E-state index contributed by atoms with van der Waals surface area (Å²) in [5.74, 6) is 0.291. The van der Waals surface area contributed by atoms with Crippen molar-refractivity contribution in [3.63, 3.8) is 0 Å². The van der Waals surface area contributed by atoms with E-state index in [4.69, 9.17) is 0 Å². The van der Waals surface area contributed by atoms with Gasteiger partial charge in [-0.05, 0) is 24.1 Å². The number of aromatic amines is 1. The van der Waals surface area contributed by atoms with E-state index >= 15 is 0 Å². The third-order valence-electron chi connectivity index (χ3n) is 3.35. The van der Waals surface area contributed by atoms with Crippen LogP contribution in [0.4, 0.5) is 0 Å². The Morgan fingerprint density at radius 2 is 1.79 bits per heavy atom. The molecule has 0 aliphatic carbocycles. The summed E-state index contributed by atoms with van der Waals surface area (Å²) in [7, 11) is 0. The van der Waals surface area contributed by atoms with Gasteiger partial charge in [-0.25, -0.2) is 0 Å². The molecule has 2 nitrogen and oxygen atoms in total. The van der Waals surface area contributed by atoms with E-state index in [1.807, 2.05) is 30.3 Å².